The summed E-state index contributed by atoms with van der Waals surface area (Å²) in [5.41, 5.74) is 0.161. The summed E-state index contributed by atoms with van der Waals surface area (Å²) < 4.78 is 13.9. The number of benzene rings is 1. The van der Waals surface area contributed by atoms with Crippen LogP contribution in [0.4, 0.5) is 4.39 Å². The van der Waals surface area contributed by atoms with Crippen molar-refractivity contribution in [2.75, 3.05) is 13.1 Å². The van der Waals surface area contributed by atoms with Gasteiger partial charge in [0.15, 0.2) is 0 Å². The summed E-state index contributed by atoms with van der Waals surface area (Å²) in [6, 6.07) is 4.81. The van der Waals surface area contributed by atoms with Crippen LogP contribution in [0.2, 0.25) is 0 Å². The smallest absolute Gasteiger partial charge is 0.325 e. The molecule has 1 amide bonds. The number of piperidine rings is 1. The predicted molar refractivity (Wildman–Crippen MR) is 75.2 cm³/mol. The Bertz CT molecular complexity index is 535. The average Bonchev–Trinajstić information content (AvgIpc) is 2.40. The highest BCUT2D eigenvalue weighted by Gasteiger charge is 2.33. The van der Waals surface area contributed by atoms with E-state index >= 15 is 0 Å². The molecule has 1 aliphatic heterocycles. The Morgan fingerprint density at radius 1 is 1.43 bits per heavy atom. The van der Waals surface area contributed by atoms with Gasteiger partial charge in [0.2, 0.25) is 5.91 Å². The third kappa shape index (κ3) is 3.78. The Morgan fingerprint density at radius 2 is 2.14 bits per heavy atom. The molecule has 0 spiro atoms. The van der Waals surface area contributed by atoms with Crippen LogP contribution in [0.25, 0.3) is 0 Å². The van der Waals surface area contributed by atoms with E-state index in [1.54, 1.807) is 11.0 Å². The molecule has 1 aromatic rings. The second kappa shape index (κ2) is 6.67. The van der Waals surface area contributed by atoms with Gasteiger partial charge < -0.3 is 10.4 Å². The van der Waals surface area contributed by atoms with Gasteiger partial charge >= 0.3 is 5.97 Å². The molecule has 0 radical (unpaired) electrons. The fraction of sp³-hybridized carbons (Fsp3) is 0.467. The lowest BCUT2D eigenvalue weighted by Gasteiger charge is -2.36. The van der Waals surface area contributed by atoms with Crippen LogP contribution in [0.3, 0.4) is 0 Å². The van der Waals surface area contributed by atoms with Crippen molar-refractivity contribution in [2.24, 2.45) is 0 Å². The number of amides is 1. The van der Waals surface area contributed by atoms with Crippen molar-refractivity contribution < 1.29 is 19.1 Å². The van der Waals surface area contributed by atoms with Gasteiger partial charge in [0.25, 0.3) is 0 Å². The van der Waals surface area contributed by atoms with Gasteiger partial charge in [-0.05, 0) is 25.5 Å². The first-order valence-electron chi connectivity index (χ1n) is 6.97. The molecule has 0 aliphatic carbocycles. The molecule has 0 aromatic heterocycles. The lowest BCUT2D eigenvalue weighted by atomic mass is 9.99. The van der Waals surface area contributed by atoms with Crippen molar-refractivity contribution in [1.82, 2.24) is 10.2 Å². The molecule has 21 heavy (non-hydrogen) atoms. The minimum absolute atomic E-state index is 0.0927. The first-order valence-corrected chi connectivity index (χ1v) is 6.97. The minimum Gasteiger partial charge on any atom is -0.480 e. The number of hydrogen-bond acceptors (Lipinski definition) is 3. The second-order valence-electron chi connectivity index (χ2n) is 5.30. The Kier molecular flexibility index (Phi) is 4.90. The first-order chi connectivity index (χ1) is 9.99. The predicted octanol–water partition coefficient (Wildman–Crippen LogP) is 1.55. The number of halogens is 1. The number of rotatable bonds is 4. The zero-order chi connectivity index (χ0) is 15.4. The average molecular weight is 294 g/mol. The number of nitrogens with zero attached hydrogens (tertiary/aromatic N) is 1. The van der Waals surface area contributed by atoms with E-state index < -0.39 is 17.8 Å². The fourth-order valence-corrected chi connectivity index (χ4v) is 2.83. The van der Waals surface area contributed by atoms with Crippen LogP contribution in [0.15, 0.2) is 24.3 Å². The fourth-order valence-electron chi connectivity index (χ4n) is 2.83. The highest BCUT2D eigenvalue weighted by molar-refractivity contribution is 5.76. The van der Waals surface area contributed by atoms with E-state index in [2.05, 4.69) is 5.32 Å². The summed E-state index contributed by atoms with van der Waals surface area (Å²) in [6.45, 7) is 2.41. The van der Waals surface area contributed by atoms with E-state index in [1.807, 2.05) is 0 Å². The van der Waals surface area contributed by atoms with Crippen molar-refractivity contribution in [1.29, 1.82) is 0 Å². The highest BCUT2D eigenvalue weighted by Crippen LogP contribution is 2.27. The monoisotopic (exact) mass is 294 g/mol. The topological polar surface area (TPSA) is 69.6 Å². The Hall–Kier alpha value is -1.95. The van der Waals surface area contributed by atoms with Crippen molar-refractivity contribution in [2.45, 2.75) is 31.8 Å². The summed E-state index contributed by atoms with van der Waals surface area (Å²) in [5.74, 6) is -1.74. The summed E-state index contributed by atoms with van der Waals surface area (Å²) >= 11 is 0. The highest BCUT2D eigenvalue weighted by atomic mass is 19.1. The number of hydrogen-bond donors (Lipinski definition) is 2. The summed E-state index contributed by atoms with van der Waals surface area (Å²) in [4.78, 5) is 24.4. The number of nitrogens with one attached hydrogen (secondary N) is 1. The molecule has 0 bridgehead atoms. The second-order valence-corrected chi connectivity index (χ2v) is 5.30. The van der Waals surface area contributed by atoms with Crippen LogP contribution < -0.4 is 5.32 Å². The van der Waals surface area contributed by atoms with Crippen molar-refractivity contribution in [3.05, 3.63) is 35.6 Å². The third-order valence-corrected chi connectivity index (χ3v) is 3.66. The van der Waals surface area contributed by atoms with Gasteiger partial charge in [-0.15, -0.1) is 0 Å². The maximum atomic E-state index is 13.9. The zero-order valence-corrected chi connectivity index (χ0v) is 11.9. The Balaban J connectivity index is 2.20. The number of carboxylic acids is 1. The third-order valence-electron chi connectivity index (χ3n) is 3.66. The van der Waals surface area contributed by atoms with Crippen molar-refractivity contribution in [3.8, 4) is 0 Å². The molecular weight excluding hydrogens is 275 g/mol. The van der Waals surface area contributed by atoms with E-state index in [-0.39, 0.29) is 17.5 Å². The van der Waals surface area contributed by atoms with Crippen LogP contribution in [0.1, 0.15) is 31.4 Å². The molecule has 2 N–H and O–H groups in total. The van der Waals surface area contributed by atoms with Gasteiger partial charge in [-0.3, -0.25) is 14.5 Å². The van der Waals surface area contributed by atoms with Gasteiger partial charge in [0, 0.05) is 25.1 Å². The molecule has 1 aliphatic rings. The number of aliphatic carboxylic acids is 1. The van der Waals surface area contributed by atoms with Gasteiger partial charge in [-0.2, -0.15) is 0 Å². The molecule has 2 unspecified atom stereocenters. The largest absolute Gasteiger partial charge is 0.480 e. The standard InChI is InChI=1S/C15H19FN2O3/c1-10(19)17-11-5-4-8-18(9-11)14(15(20)21)12-6-2-3-7-13(12)16/h2-3,6-7,11,14H,4-5,8-9H2,1H3,(H,17,19)(H,20,21). The maximum Gasteiger partial charge on any atom is 0.325 e. The van der Waals surface area contributed by atoms with Gasteiger partial charge in [-0.1, -0.05) is 18.2 Å². The molecule has 6 heteroatoms. The first kappa shape index (κ1) is 15.4. The van der Waals surface area contributed by atoms with Gasteiger partial charge in [0.1, 0.15) is 11.9 Å². The number of carbonyl (C=O) groups excluding carboxylic acids is 1. The summed E-state index contributed by atoms with van der Waals surface area (Å²) in [7, 11) is 0. The molecule has 2 atom stereocenters. The summed E-state index contributed by atoms with van der Waals surface area (Å²) in [6.07, 6.45) is 1.57. The van der Waals surface area contributed by atoms with Crippen LogP contribution in [-0.4, -0.2) is 41.0 Å². The normalized spacial score (nSPS) is 20.8. The SMILES string of the molecule is CC(=O)NC1CCCN(C(C(=O)O)c2ccccc2F)C1. The van der Waals surface area contributed by atoms with E-state index in [0.717, 1.165) is 12.8 Å². The maximum absolute atomic E-state index is 13.9. The Morgan fingerprint density at radius 3 is 2.76 bits per heavy atom. The molecule has 1 fully saturated rings. The van der Waals surface area contributed by atoms with E-state index in [4.69, 9.17) is 0 Å². The van der Waals surface area contributed by atoms with E-state index in [1.165, 1.54) is 25.1 Å². The minimum atomic E-state index is -1.08. The zero-order valence-electron chi connectivity index (χ0n) is 11.9. The van der Waals surface area contributed by atoms with E-state index in [0.29, 0.717) is 13.1 Å². The lowest BCUT2D eigenvalue weighted by Crippen LogP contribution is -2.49. The summed E-state index contributed by atoms with van der Waals surface area (Å²) in [5, 5.41) is 12.3. The number of likely N-dealkylation sites (tertiary alicyclic amines) is 1. The molecule has 1 saturated heterocycles. The Labute approximate surface area is 122 Å². The van der Waals surface area contributed by atoms with Crippen LogP contribution >= 0.6 is 0 Å². The van der Waals surface area contributed by atoms with Crippen LogP contribution in [0, 0.1) is 5.82 Å². The molecule has 114 valence electrons. The van der Waals surface area contributed by atoms with Gasteiger partial charge in [0.05, 0.1) is 0 Å². The van der Waals surface area contributed by atoms with Crippen molar-refractivity contribution >= 4 is 11.9 Å². The van der Waals surface area contributed by atoms with E-state index in [9.17, 15) is 19.1 Å². The van der Waals surface area contributed by atoms with Gasteiger partial charge in [-0.25, -0.2) is 4.39 Å². The molecule has 5 nitrogen and oxygen atoms in total. The number of carbonyl (C=O) groups is 2. The number of carboxylic acid groups (broad SMARTS) is 1. The molecule has 1 heterocycles. The molecule has 2 rings (SSSR count). The quantitative estimate of drug-likeness (QED) is 0.884. The van der Waals surface area contributed by atoms with Crippen LogP contribution in [-0.2, 0) is 9.59 Å². The lowest BCUT2D eigenvalue weighted by molar-refractivity contribution is -0.144. The molecule has 1 aromatic carbocycles. The molecular formula is C15H19FN2O3. The van der Waals surface area contributed by atoms with Crippen molar-refractivity contribution in [3.63, 3.8) is 0 Å². The van der Waals surface area contributed by atoms with Crippen LogP contribution in [0.5, 0.6) is 0 Å². The molecule has 0 saturated carbocycles.